The Morgan fingerprint density at radius 3 is 2.48 bits per heavy atom. The topological polar surface area (TPSA) is 84.9 Å². The molecule has 2 rings (SSSR count). The van der Waals surface area contributed by atoms with Crippen LogP contribution in [0.1, 0.15) is 41.6 Å². The van der Waals surface area contributed by atoms with Crippen LogP contribution >= 0.6 is 0 Å². The van der Waals surface area contributed by atoms with Gasteiger partial charge < -0.3 is 19.9 Å². The number of carboxylic acid groups (broad SMARTS) is 1. The monoisotopic (exact) mass is 371 g/mol. The molecule has 0 aliphatic heterocycles. The first-order valence-corrected chi connectivity index (χ1v) is 8.93. The van der Waals surface area contributed by atoms with Crippen molar-refractivity contribution in [3.8, 4) is 11.5 Å². The Bertz CT molecular complexity index is 760. The fraction of sp³-hybridized carbons (Fsp3) is 0.333. The molecule has 0 aliphatic carbocycles. The van der Waals surface area contributed by atoms with E-state index >= 15 is 0 Å². The quantitative estimate of drug-likeness (QED) is 0.625. The lowest BCUT2D eigenvalue weighted by Gasteiger charge is -2.15. The third kappa shape index (κ3) is 5.74. The number of carbonyl (C=O) groups excluding carboxylic acids is 1. The van der Waals surface area contributed by atoms with Gasteiger partial charge >= 0.3 is 5.97 Å². The van der Waals surface area contributed by atoms with Crippen molar-refractivity contribution in [2.75, 3.05) is 20.3 Å². The second kappa shape index (κ2) is 10.2. The molecule has 1 atom stereocenters. The predicted molar refractivity (Wildman–Crippen MR) is 103 cm³/mol. The molecule has 6 nitrogen and oxygen atoms in total. The standard InChI is InChI=1S/C21H25NO5/c1-3-4-12-27-18-11-10-16(13-19(18)26-2)20(23)22-14-17(21(24)25)15-8-6-5-7-9-15/h5-11,13,17H,3-4,12,14H2,1-2H3,(H,22,23)(H,24,25). The van der Waals surface area contributed by atoms with E-state index in [1.165, 1.54) is 7.11 Å². The number of carbonyl (C=O) groups is 2. The van der Waals surface area contributed by atoms with Crippen LogP contribution < -0.4 is 14.8 Å². The number of hydrogen-bond donors (Lipinski definition) is 2. The van der Waals surface area contributed by atoms with Crippen molar-refractivity contribution in [2.24, 2.45) is 0 Å². The van der Waals surface area contributed by atoms with Crippen LogP contribution in [0.2, 0.25) is 0 Å². The normalized spacial score (nSPS) is 11.5. The average molecular weight is 371 g/mol. The molecule has 6 heteroatoms. The van der Waals surface area contributed by atoms with Gasteiger partial charge in [-0.05, 0) is 30.2 Å². The Balaban J connectivity index is 2.05. The van der Waals surface area contributed by atoms with Crippen LogP contribution in [0.4, 0.5) is 0 Å². The molecule has 2 aromatic rings. The molecule has 0 saturated heterocycles. The molecule has 0 bridgehead atoms. The van der Waals surface area contributed by atoms with Gasteiger partial charge in [0.1, 0.15) is 0 Å². The fourth-order valence-electron chi connectivity index (χ4n) is 2.58. The Kier molecular flexibility index (Phi) is 7.67. The summed E-state index contributed by atoms with van der Waals surface area (Å²) in [5.74, 6) is -1.12. The van der Waals surface area contributed by atoms with Gasteiger partial charge in [-0.1, -0.05) is 43.7 Å². The molecule has 1 amide bonds. The zero-order valence-corrected chi connectivity index (χ0v) is 15.6. The van der Waals surface area contributed by atoms with E-state index in [9.17, 15) is 14.7 Å². The van der Waals surface area contributed by atoms with Crippen molar-refractivity contribution in [3.05, 3.63) is 59.7 Å². The first kappa shape index (κ1) is 20.3. The predicted octanol–water partition coefficient (Wildman–Crippen LogP) is 3.47. The second-order valence-corrected chi connectivity index (χ2v) is 6.08. The van der Waals surface area contributed by atoms with Crippen molar-refractivity contribution in [1.82, 2.24) is 5.32 Å². The Morgan fingerprint density at radius 1 is 1.11 bits per heavy atom. The number of unbranched alkanes of at least 4 members (excludes halogenated alkanes) is 1. The van der Waals surface area contributed by atoms with Gasteiger partial charge in [-0.25, -0.2) is 0 Å². The minimum Gasteiger partial charge on any atom is -0.493 e. The van der Waals surface area contributed by atoms with Gasteiger partial charge in [-0.2, -0.15) is 0 Å². The molecule has 0 saturated carbocycles. The summed E-state index contributed by atoms with van der Waals surface area (Å²) in [4.78, 5) is 24.0. The van der Waals surface area contributed by atoms with Gasteiger partial charge in [0.05, 0.1) is 19.6 Å². The van der Waals surface area contributed by atoms with Gasteiger partial charge in [0.15, 0.2) is 11.5 Å². The summed E-state index contributed by atoms with van der Waals surface area (Å²) in [5.41, 5.74) is 1.02. The number of amides is 1. The van der Waals surface area contributed by atoms with E-state index in [2.05, 4.69) is 12.2 Å². The number of carboxylic acids is 1. The number of benzene rings is 2. The maximum Gasteiger partial charge on any atom is 0.312 e. The zero-order chi connectivity index (χ0) is 19.6. The van der Waals surface area contributed by atoms with Crippen LogP contribution in [0.15, 0.2) is 48.5 Å². The SMILES string of the molecule is CCCCOc1ccc(C(=O)NCC(C(=O)O)c2ccccc2)cc1OC. The summed E-state index contributed by atoms with van der Waals surface area (Å²) < 4.78 is 11.0. The highest BCUT2D eigenvalue weighted by Crippen LogP contribution is 2.28. The molecular formula is C21H25NO5. The van der Waals surface area contributed by atoms with Gasteiger partial charge in [0.2, 0.25) is 0 Å². The largest absolute Gasteiger partial charge is 0.493 e. The molecule has 2 N–H and O–H groups in total. The van der Waals surface area contributed by atoms with Crippen molar-refractivity contribution in [2.45, 2.75) is 25.7 Å². The minimum absolute atomic E-state index is 0.00472. The van der Waals surface area contributed by atoms with E-state index in [1.807, 2.05) is 6.07 Å². The van der Waals surface area contributed by atoms with Crippen molar-refractivity contribution in [3.63, 3.8) is 0 Å². The highest BCUT2D eigenvalue weighted by Gasteiger charge is 2.21. The van der Waals surface area contributed by atoms with Crippen molar-refractivity contribution >= 4 is 11.9 Å². The maximum atomic E-state index is 12.4. The van der Waals surface area contributed by atoms with Crippen LogP contribution in [0, 0.1) is 0 Å². The smallest absolute Gasteiger partial charge is 0.312 e. The Hall–Kier alpha value is -3.02. The lowest BCUT2D eigenvalue weighted by molar-refractivity contribution is -0.138. The average Bonchev–Trinajstić information content (AvgIpc) is 2.69. The molecule has 1 unspecified atom stereocenters. The van der Waals surface area contributed by atoms with E-state index in [-0.39, 0.29) is 12.5 Å². The van der Waals surface area contributed by atoms with Crippen molar-refractivity contribution in [1.29, 1.82) is 0 Å². The van der Waals surface area contributed by atoms with Gasteiger partial charge in [0.25, 0.3) is 5.91 Å². The summed E-state index contributed by atoms with van der Waals surface area (Å²) in [6.45, 7) is 2.65. The number of hydrogen-bond acceptors (Lipinski definition) is 4. The van der Waals surface area contributed by atoms with Gasteiger partial charge in [-0.3, -0.25) is 9.59 Å². The molecule has 2 aromatic carbocycles. The molecule has 0 heterocycles. The van der Waals surface area contributed by atoms with Gasteiger partial charge in [0, 0.05) is 12.1 Å². The zero-order valence-electron chi connectivity index (χ0n) is 15.6. The minimum atomic E-state index is -0.987. The Labute approximate surface area is 159 Å². The van der Waals surface area contributed by atoms with Crippen LogP contribution in [0.25, 0.3) is 0 Å². The summed E-state index contributed by atoms with van der Waals surface area (Å²) >= 11 is 0. The van der Waals surface area contributed by atoms with Crippen LogP contribution in [-0.2, 0) is 4.79 Å². The maximum absolute atomic E-state index is 12.4. The lowest BCUT2D eigenvalue weighted by atomic mass is 9.99. The summed E-state index contributed by atoms with van der Waals surface area (Å²) in [6, 6.07) is 13.7. The molecule has 0 radical (unpaired) electrons. The van der Waals surface area contributed by atoms with E-state index in [0.717, 1.165) is 12.8 Å². The van der Waals surface area contributed by atoms with E-state index in [4.69, 9.17) is 9.47 Å². The number of nitrogens with one attached hydrogen (secondary N) is 1. The number of aliphatic carboxylic acids is 1. The molecule has 0 fully saturated rings. The fourth-order valence-corrected chi connectivity index (χ4v) is 2.58. The van der Waals surface area contributed by atoms with E-state index < -0.39 is 11.9 Å². The Morgan fingerprint density at radius 2 is 1.85 bits per heavy atom. The number of ether oxygens (including phenoxy) is 2. The third-order valence-corrected chi connectivity index (χ3v) is 4.15. The molecule has 0 aromatic heterocycles. The third-order valence-electron chi connectivity index (χ3n) is 4.15. The molecule has 144 valence electrons. The molecule has 27 heavy (non-hydrogen) atoms. The highest BCUT2D eigenvalue weighted by molar-refractivity contribution is 5.95. The number of methoxy groups -OCH3 is 1. The molecule has 0 spiro atoms. The molecule has 0 aliphatic rings. The first-order valence-electron chi connectivity index (χ1n) is 8.93. The summed E-state index contributed by atoms with van der Waals surface area (Å²) in [7, 11) is 1.51. The van der Waals surface area contributed by atoms with Crippen LogP contribution in [-0.4, -0.2) is 37.2 Å². The molecular weight excluding hydrogens is 346 g/mol. The lowest BCUT2D eigenvalue weighted by Crippen LogP contribution is -2.31. The van der Waals surface area contributed by atoms with Crippen molar-refractivity contribution < 1.29 is 24.2 Å². The summed E-state index contributed by atoms with van der Waals surface area (Å²) in [6.07, 6.45) is 1.95. The number of rotatable bonds is 10. The summed E-state index contributed by atoms with van der Waals surface area (Å²) in [5, 5.41) is 12.1. The van der Waals surface area contributed by atoms with Gasteiger partial charge in [-0.15, -0.1) is 0 Å². The van der Waals surface area contributed by atoms with E-state index in [0.29, 0.717) is 29.2 Å². The highest BCUT2D eigenvalue weighted by atomic mass is 16.5. The van der Waals surface area contributed by atoms with Crippen LogP contribution in [0.5, 0.6) is 11.5 Å². The van der Waals surface area contributed by atoms with Crippen LogP contribution in [0.3, 0.4) is 0 Å². The van der Waals surface area contributed by atoms with E-state index in [1.54, 1.807) is 42.5 Å². The second-order valence-electron chi connectivity index (χ2n) is 6.08. The first-order chi connectivity index (χ1) is 13.1.